The monoisotopic (exact) mass is 539 g/mol. The fraction of sp³-hybridized carbons (Fsp3) is 0.391. The molecule has 0 saturated carbocycles. The van der Waals surface area contributed by atoms with Gasteiger partial charge in [0.1, 0.15) is 11.3 Å². The number of aromatic nitrogens is 1. The number of thiazole rings is 1. The highest BCUT2D eigenvalue weighted by Gasteiger charge is 2.23. The van der Waals surface area contributed by atoms with Gasteiger partial charge in [0.2, 0.25) is 5.91 Å². The molecule has 0 N–H and O–H groups in total. The number of amides is 1. The molecule has 0 radical (unpaired) electrons. The summed E-state index contributed by atoms with van der Waals surface area (Å²) in [4.78, 5) is 21.4. The number of hydrogen-bond acceptors (Lipinski definition) is 9. The minimum atomic E-state index is -3.55. The van der Waals surface area contributed by atoms with Crippen molar-refractivity contribution in [1.82, 2.24) is 9.88 Å². The summed E-state index contributed by atoms with van der Waals surface area (Å²) in [5.74, 6) is 0.118. The maximum atomic E-state index is 13.2. The lowest BCUT2D eigenvalue weighted by atomic mass is 10.3. The Bertz CT molecular complexity index is 1400. The van der Waals surface area contributed by atoms with Gasteiger partial charge < -0.3 is 9.64 Å². The second-order valence-corrected chi connectivity index (χ2v) is 13.4. The molecule has 190 valence electrons. The molecule has 0 saturated heterocycles. The molecule has 0 unspecified atom stereocenters. The van der Waals surface area contributed by atoms with Crippen LogP contribution in [0.4, 0.5) is 5.13 Å². The Labute approximate surface area is 210 Å². The summed E-state index contributed by atoms with van der Waals surface area (Å²) >= 11 is 1.24. The van der Waals surface area contributed by atoms with Crippen LogP contribution < -0.4 is 9.64 Å². The molecule has 0 bridgehead atoms. The van der Waals surface area contributed by atoms with E-state index >= 15 is 0 Å². The maximum absolute atomic E-state index is 13.2. The number of likely N-dealkylation sites (N-methyl/N-ethyl adjacent to an activating group) is 1. The quantitative estimate of drug-likeness (QED) is 0.366. The fourth-order valence-electron chi connectivity index (χ4n) is 3.40. The Kier molecular flexibility index (Phi) is 8.52. The van der Waals surface area contributed by atoms with Gasteiger partial charge in [0.25, 0.3) is 0 Å². The highest BCUT2D eigenvalue weighted by atomic mass is 32.2. The second kappa shape index (κ2) is 11.0. The van der Waals surface area contributed by atoms with Gasteiger partial charge in [-0.2, -0.15) is 0 Å². The summed E-state index contributed by atoms with van der Waals surface area (Å²) in [5, 5.41) is 0.390. The number of fused-ring (bicyclic) bond motifs is 1. The van der Waals surface area contributed by atoms with Crippen molar-refractivity contribution in [1.29, 1.82) is 0 Å². The zero-order chi connectivity index (χ0) is 25.8. The smallest absolute Gasteiger partial charge is 0.228 e. The van der Waals surface area contributed by atoms with Crippen molar-refractivity contribution >= 4 is 52.3 Å². The first-order valence-electron chi connectivity index (χ1n) is 10.8. The largest absolute Gasteiger partial charge is 0.497 e. The van der Waals surface area contributed by atoms with Crippen LogP contribution in [-0.4, -0.2) is 78.9 Å². The number of sulfone groups is 2. The number of nitrogens with zero attached hydrogens (tertiary/aromatic N) is 3. The van der Waals surface area contributed by atoms with E-state index < -0.39 is 19.7 Å². The van der Waals surface area contributed by atoms with E-state index in [1.807, 2.05) is 19.0 Å². The summed E-state index contributed by atoms with van der Waals surface area (Å²) in [6.45, 7) is 0.899. The predicted molar refractivity (Wildman–Crippen MR) is 138 cm³/mol. The summed E-state index contributed by atoms with van der Waals surface area (Å²) in [7, 11) is -1.78. The van der Waals surface area contributed by atoms with Crippen LogP contribution in [0, 0.1) is 0 Å². The highest BCUT2D eigenvalue weighted by molar-refractivity contribution is 7.91. The fourth-order valence-corrected chi connectivity index (χ4v) is 6.65. The number of carbonyl (C=O) groups is 1. The molecular weight excluding hydrogens is 510 g/mol. The van der Waals surface area contributed by atoms with E-state index in [9.17, 15) is 21.6 Å². The van der Waals surface area contributed by atoms with Crippen molar-refractivity contribution in [3.05, 3.63) is 42.5 Å². The van der Waals surface area contributed by atoms with Crippen LogP contribution in [0.5, 0.6) is 5.75 Å². The summed E-state index contributed by atoms with van der Waals surface area (Å²) < 4.78 is 55.4. The predicted octanol–water partition coefficient (Wildman–Crippen LogP) is 2.86. The van der Waals surface area contributed by atoms with Crippen molar-refractivity contribution in [2.24, 2.45) is 0 Å². The van der Waals surface area contributed by atoms with Gasteiger partial charge in [-0.15, -0.1) is 0 Å². The topological polar surface area (TPSA) is 114 Å². The lowest BCUT2D eigenvalue weighted by Crippen LogP contribution is -2.36. The first-order chi connectivity index (χ1) is 16.4. The number of ether oxygens (including phenoxy) is 1. The normalized spacial score (nSPS) is 12.3. The summed E-state index contributed by atoms with van der Waals surface area (Å²) in [6.07, 6.45) is 1.28. The van der Waals surface area contributed by atoms with Gasteiger partial charge in [-0.1, -0.05) is 17.4 Å². The number of rotatable bonds is 11. The zero-order valence-electron chi connectivity index (χ0n) is 20.1. The lowest BCUT2D eigenvalue weighted by molar-refractivity contribution is -0.118. The van der Waals surface area contributed by atoms with Gasteiger partial charge in [0, 0.05) is 25.8 Å². The maximum Gasteiger partial charge on any atom is 0.228 e. The van der Waals surface area contributed by atoms with Crippen LogP contribution in [0.15, 0.2) is 52.3 Å². The second-order valence-electron chi connectivity index (χ2n) is 8.32. The van der Waals surface area contributed by atoms with Crippen molar-refractivity contribution < 1.29 is 26.4 Å². The van der Waals surface area contributed by atoms with E-state index in [0.717, 1.165) is 6.26 Å². The third-order valence-electron chi connectivity index (χ3n) is 5.30. The van der Waals surface area contributed by atoms with Crippen molar-refractivity contribution in [2.75, 3.05) is 51.2 Å². The van der Waals surface area contributed by atoms with E-state index in [1.165, 1.54) is 41.5 Å². The first-order valence-corrected chi connectivity index (χ1v) is 15.2. The summed E-state index contributed by atoms with van der Waals surface area (Å²) in [5.41, 5.74) is 0.333. The summed E-state index contributed by atoms with van der Waals surface area (Å²) in [6, 6.07) is 11.0. The average Bonchev–Trinajstić information content (AvgIpc) is 3.22. The number of carbonyl (C=O) groups excluding carboxylic acids is 1. The Morgan fingerprint density at radius 3 is 2.31 bits per heavy atom. The van der Waals surface area contributed by atoms with E-state index in [2.05, 4.69) is 4.98 Å². The number of benzene rings is 2. The van der Waals surface area contributed by atoms with Gasteiger partial charge in [-0.05, 0) is 56.9 Å². The molecule has 0 atom stereocenters. The number of hydrogen-bond donors (Lipinski definition) is 0. The molecule has 1 amide bonds. The zero-order valence-corrected chi connectivity index (χ0v) is 22.5. The number of para-hydroxylation sites is 1. The Morgan fingerprint density at radius 1 is 1.03 bits per heavy atom. The van der Waals surface area contributed by atoms with E-state index in [-0.39, 0.29) is 34.3 Å². The van der Waals surface area contributed by atoms with Crippen LogP contribution in [0.1, 0.15) is 12.8 Å². The molecule has 0 spiro atoms. The molecule has 0 aliphatic rings. The van der Waals surface area contributed by atoms with Crippen molar-refractivity contribution in [2.45, 2.75) is 22.6 Å². The Morgan fingerprint density at radius 2 is 1.71 bits per heavy atom. The van der Waals surface area contributed by atoms with E-state index in [1.54, 1.807) is 24.3 Å². The highest BCUT2D eigenvalue weighted by Crippen LogP contribution is 2.33. The number of methoxy groups -OCH3 is 1. The standard InChI is InChI=1S/C23H29N3O6S3/c1-25(2)14-15-26(23-24-22-19(33-23)7-5-8-20(22)34(4,28)29)21(27)9-6-16-35(30,31)18-12-10-17(32-3)11-13-18/h5,7-8,10-13H,6,9,14-16H2,1-4H3. The van der Waals surface area contributed by atoms with Crippen molar-refractivity contribution in [3.63, 3.8) is 0 Å². The van der Waals surface area contributed by atoms with Crippen LogP contribution in [0.3, 0.4) is 0 Å². The van der Waals surface area contributed by atoms with Crippen LogP contribution in [0.2, 0.25) is 0 Å². The third kappa shape index (κ3) is 6.78. The number of anilines is 1. The molecule has 0 aliphatic carbocycles. The molecule has 1 aromatic heterocycles. The Hall–Kier alpha value is -2.54. The molecule has 9 nitrogen and oxygen atoms in total. The molecular formula is C23H29N3O6S3. The van der Waals surface area contributed by atoms with Gasteiger partial charge in [-0.25, -0.2) is 21.8 Å². The van der Waals surface area contributed by atoms with Crippen LogP contribution in [-0.2, 0) is 24.5 Å². The van der Waals surface area contributed by atoms with Gasteiger partial charge >= 0.3 is 0 Å². The van der Waals surface area contributed by atoms with E-state index in [0.29, 0.717) is 34.2 Å². The van der Waals surface area contributed by atoms with Crippen LogP contribution in [0.25, 0.3) is 10.2 Å². The molecule has 2 aromatic carbocycles. The third-order valence-corrected chi connectivity index (χ3v) is 9.28. The van der Waals surface area contributed by atoms with Crippen LogP contribution >= 0.6 is 11.3 Å². The Balaban J connectivity index is 1.79. The molecule has 1 heterocycles. The molecule has 12 heteroatoms. The first kappa shape index (κ1) is 27.1. The molecule has 3 rings (SSSR count). The van der Waals surface area contributed by atoms with Gasteiger partial charge in [0.15, 0.2) is 24.8 Å². The lowest BCUT2D eigenvalue weighted by Gasteiger charge is -2.22. The molecule has 0 aliphatic heterocycles. The van der Waals surface area contributed by atoms with Gasteiger partial charge in [0.05, 0.1) is 27.4 Å². The minimum Gasteiger partial charge on any atom is -0.497 e. The molecule has 3 aromatic rings. The molecule has 0 fully saturated rings. The van der Waals surface area contributed by atoms with Crippen molar-refractivity contribution in [3.8, 4) is 5.75 Å². The average molecular weight is 540 g/mol. The van der Waals surface area contributed by atoms with Gasteiger partial charge in [-0.3, -0.25) is 9.69 Å². The molecule has 35 heavy (non-hydrogen) atoms. The SMILES string of the molecule is COc1ccc(S(=O)(=O)CCCC(=O)N(CCN(C)C)c2nc3c(S(C)(=O)=O)cccc3s2)cc1. The van der Waals surface area contributed by atoms with E-state index in [4.69, 9.17) is 4.74 Å². The minimum absolute atomic E-state index is 0.0116.